The Kier molecular flexibility index (Phi) is 17.6. The van der Waals surface area contributed by atoms with Crippen LogP contribution in [-0.2, 0) is 15.9 Å². The molecule has 4 aliphatic heterocycles. The van der Waals surface area contributed by atoms with Gasteiger partial charge < -0.3 is 48.7 Å². The molecule has 0 atom stereocenters. The Morgan fingerprint density at radius 1 is 0.539 bits per heavy atom. The quantitative estimate of drug-likeness (QED) is 0.108. The molecule has 0 spiro atoms. The van der Waals surface area contributed by atoms with Crippen molar-refractivity contribution in [1.29, 1.82) is 0 Å². The average Bonchev–Trinajstić information content (AvgIpc) is 1.22. The van der Waals surface area contributed by atoms with Crippen LogP contribution in [0.25, 0.3) is 44.1 Å². The molecule has 4 aromatic carbocycles. The van der Waals surface area contributed by atoms with Crippen molar-refractivity contribution in [2.24, 2.45) is 0 Å². The van der Waals surface area contributed by atoms with Gasteiger partial charge in [0.25, 0.3) is 0 Å². The number of fused-ring (bicyclic) bond motifs is 4. The molecule has 0 radical (unpaired) electrons. The van der Waals surface area contributed by atoms with Gasteiger partial charge in [0, 0.05) is 90.9 Å². The molecule has 6 aromatic heterocycles. The van der Waals surface area contributed by atoms with Crippen LogP contribution in [-0.4, -0.2) is 109 Å². The second kappa shape index (κ2) is 26.6. The molecule has 2 saturated heterocycles. The molecule has 22 heteroatoms. The zero-order chi connectivity index (χ0) is 61.4. The first-order chi connectivity index (χ1) is 43.4. The number of benzene rings is 4. The number of anilines is 1. The monoisotopic (exact) mass is 1200 g/mol. The summed E-state index contributed by atoms with van der Waals surface area (Å²) in [4.78, 5) is 68.2. The van der Waals surface area contributed by atoms with E-state index in [-0.39, 0.29) is 29.6 Å². The van der Waals surface area contributed by atoms with Gasteiger partial charge >= 0.3 is 5.97 Å². The molecule has 0 aliphatic carbocycles. The highest BCUT2D eigenvalue weighted by Gasteiger charge is 2.26. The molecule has 452 valence electrons. The molecule has 0 unspecified atom stereocenters. The molecule has 4 aliphatic rings. The Bertz CT molecular complexity index is 4340. The van der Waals surface area contributed by atoms with E-state index >= 15 is 0 Å². The molecule has 10 heterocycles. The van der Waals surface area contributed by atoms with Gasteiger partial charge in [-0.2, -0.15) is 10.2 Å². The fourth-order valence-corrected chi connectivity index (χ4v) is 10.5. The minimum absolute atomic E-state index is 0.0449. The lowest BCUT2D eigenvalue weighted by Crippen LogP contribution is -2.29. The molecule has 3 N–H and O–H groups in total. The van der Waals surface area contributed by atoms with E-state index in [4.69, 9.17) is 43.6 Å². The standard InChI is InChI=1S/C34H30N4O6.C17H18N2O4.C16H13N3O3/c1-21-2-4-22(5-3-21)27-20-38(24-9-12-41-13-10-24)37-33(34(27)40)29(39)16-23-6-7-25(19-36-23)44-30-8-11-35-28-18-32-31(17-26(28)30)42-14-15-43-32;1-11-2-4-12(5-3-11)14-10-19(13-6-8-23-9-7-13)18-15(16(14)20)17(21)22;17-16-2-1-10(9-19-16)22-13-3-4-18-12-8-15-14(7-11(12)13)20-5-6-21-15/h2-8,11,17-20,24H,9-10,12-16H2,1H3;2-5,10,13H,6-9H2,1H3,(H,21,22);1-4,7-9H,5-6H2,(H2,17,19). The van der Waals surface area contributed by atoms with Crippen LogP contribution < -0.4 is 45.0 Å². The number of Topliss-reactive ketones (excluding diaryl/α,β-unsaturated/α-hetero) is 1. The summed E-state index contributed by atoms with van der Waals surface area (Å²) in [6.07, 6.45) is 12.9. The Balaban J connectivity index is 0.000000143. The van der Waals surface area contributed by atoms with Gasteiger partial charge in [-0.05, 0) is 99.2 Å². The number of carboxylic acids is 1. The van der Waals surface area contributed by atoms with Crippen molar-refractivity contribution in [1.82, 2.24) is 39.5 Å². The van der Waals surface area contributed by atoms with Gasteiger partial charge in [-0.15, -0.1) is 0 Å². The first kappa shape index (κ1) is 58.8. The first-order valence-corrected chi connectivity index (χ1v) is 29.1. The Hall–Kier alpha value is -10.6. The van der Waals surface area contributed by atoms with Gasteiger partial charge in [0.1, 0.15) is 55.2 Å². The van der Waals surface area contributed by atoms with E-state index in [2.05, 4.69) is 30.1 Å². The second-order valence-electron chi connectivity index (χ2n) is 21.5. The van der Waals surface area contributed by atoms with Crippen LogP contribution in [0.5, 0.6) is 46.0 Å². The van der Waals surface area contributed by atoms with Crippen molar-refractivity contribution in [2.45, 2.75) is 58.0 Å². The molecule has 0 bridgehead atoms. The van der Waals surface area contributed by atoms with Crippen molar-refractivity contribution in [3.8, 4) is 68.2 Å². The lowest BCUT2D eigenvalue weighted by Gasteiger charge is -2.24. The number of hydrogen-bond acceptors (Lipinski definition) is 19. The molecular formula is C67H61N9O13. The molecule has 14 rings (SSSR count). The molecule has 0 saturated carbocycles. The minimum Gasteiger partial charge on any atom is -0.486 e. The SMILES string of the molecule is Cc1ccc(-c2cn(C3CCOCC3)nc(C(=O)Cc3ccc(Oc4ccnc5cc6c(cc45)OCCO6)cn3)c2=O)cc1.Cc1ccc(-c2cn(C3CCOCC3)nc(C(=O)O)c2=O)cc1.Nc1ccc(Oc2ccnc3cc4c(cc23)OCCO4)cn1. The second-order valence-corrected chi connectivity index (χ2v) is 21.5. The highest BCUT2D eigenvalue weighted by molar-refractivity contribution is 5.96. The van der Waals surface area contributed by atoms with Gasteiger partial charge in [0.2, 0.25) is 16.6 Å². The van der Waals surface area contributed by atoms with Crippen molar-refractivity contribution in [3.05, 3.63) is 195 Å². The lowest BCUT2D eigenvalue weighted by molar-refractivity contribution is 0.0631. The van der Waals surface area contributed by atoms with Gasteiger partial charge in [0.15, 0.2) is 34.5 Å². The normalized spacial score (nSPS) is 14.6. The molecule has 10 aromatic rings. The summed E-state index contributed by atoms with van der Waals surface area (Å²) in [6, 6.07) is 33.2. The number of carbonyl (C=O) groups is 2. The van der Waals surface area contributed by atoms with Gasteiger partial charge in [0.05, 0.1) is 41.9 Å². The number of ether oxygens (including phenoxy) is 8. The maximum Gasteiger partial charge on any atom is 0.360 e. The highest BCUT2D eigenvalue weighted by Crippen LogP contribution is 2.40. The Morgan fingerprint density at radius 2 is 0.978 bits per heavy atom. The summed E-state index contributed by atoms with van der Waals surface area (Å²) in [5.74, 6) is 3.82. The number of aromatic nitrogens is 8. The van der Waals surface area contributed by atoms with E-state index in [0.717, 1.165) is 58.7 Å². The number of pyridine rings is 4. The zero-order valence-electron chi connectivity index (χ0n) is 48.7. The Morgan fingerprint density at radius 3 is 1.42 bits per heavy atom. The van der Waals surface area contributed by atoms with Crippen LogP contribution in [0.4, 0.5) is 5.82 Å². The zero-order valence-corrected chi connectivity index (χ0v) is 48.7. The van der Waals surface area contributed by atoms with Gasteiger partial charge in [-0.3, -0.25) is 38.7 Å². The third-order valence-electron chi connectivity index (χ3n) is 15.3. The van der Waals surface area contributed by atoms with Crippen molar-refractivity contribution < 1.29 is 52.6 Å². The van der Waals surface area contributed by atoms with Crippen LogP contribution in [0.2, 0.25) is 0 Å². The summed E-state index contributed by atoms with van der Waals surface area (Å²) < 4.78 is 48.8. The lowest BCUT2D eigenvalue weighted by atomic mass is 10.0. The number of nitrogen functional groups attached to an aromatic ring is 1. The maximum absolute atomic E-state index is 13.6. The number of aromatic carboxylic acids is 1. The van der Waals surface area contributed by atoms with Crippen LogP contribution in [0.1, 0.15) is 75.6 Å². The van der Waals surface area contributed by atoms with Crippen LogP contribution in [0, 0.1) is 13.8 Å². The van der Waals surface area contributed by atoms with Gasteiger partial charge in [-0.25, -0.2) is 9.78 Å². The third kappa shape index (κ3) is 13.7. The van der Waals surface area contributed by atoms with E-state index in [1.165, 1.54) is 0 Å². The third-order valence-corrected chi connectivity index (χ3v) is 15.3. The largest absolute Gasteiger partial charge is 0.486 e. The fourth-order valence-electron chi connectivity index (χ4n) is 10.5. The number of ketones is 1. The smallest absolute Gasteiger partial charge is 0.360 e. The first-order valence-electron chi connectivity index (χ1n) is 29.1. The van der Waals surface area contributed by atoms with Crippen LogP contribution in [0.3, 0.4) is 0 Å². The number of hydrogen-bond donors (Lipinski definition) is 2. The van der Waals surface area contributed by atoms with E-state index < -0.39 is 22.9 Å². The maximum atomic E-state index is 13.6. The molecule has 22 nitrogen and oxygen atoms in total. The van der Waals surface area contributed by atoms with E-state index in [1.54, 1.807) is 82.9 Å². The minimum atomic E-state index is -1.30. The van der Waals surface area contributed by atoms with Crippen LogP contribution in [0.15, 0.2) is 156 Å². The number of carboxylic acid groups (broad SMARTS) is 1. The predicted octanol–water partition coefficient (Wildman–Crippen LogP) is 10.5. The number of aryl methyl sites for hydroxylation is 2. The number of nitrogens with zero attached hydrogens (tertiary/aromatic N) is 8. The number of carbonyl (C=O) groups excluding carboxylic acids is 1. The van der Waals surface area contributed by atoms with E-state index in [1.807, 2.05) is 86.6 Å². The molecule has 0 amide bonds. The molecular weight excluding hydrogens is 1140 g/mol. The van der Waals surface area contributed by atoms with Gasteiger partial charge in [-0.1, -0.05) is 59.7 Å². The molecule has 89 heavy (non-hydrogen) atoms. The molecule has 2 fully saturated rings. The summed E-state index contributed by atoms with van der Waals surface area (Å²) in [6.45, 7) is 8.46. The topological polar surface area (TPSA) is 276 Å². The summed E-state index contributed by atoms with van der Waals surface area (Å²) >= 11 is 0. The number of nitrogens with two attached hydrogens (primary N) is 1. The van der Waals surface area contributed by atoms with Crippen molar-refractivity contribution >= 4 is 39.4 Å². The summed E-state index contributed by atoms with van der Waals surface area (Å²) in [5, 5.41) is 19.5. The fraction of sp³-hybridized carbons (Fsp3) is 0.254. The Labute approximate surface area is 509 Å². The predicted molar refractivity (Wildman–Crippen MR) is 329 cm³/mol. The van der Waals surface area contributed by atoms with E-state index in [9.17, 15) is 24.3 Å². The number of rotatable bonds is 12. The summed E-state index contributed by atoms with van der Waals surface area (Å²) in [5.41, 5.74) is 10.5. The average molecular weight is 1200 g/mol. The van der Waals surface area contributed by atoms with E-state index in [0.29, 0.717) is 133 Å². The van der Waals surface area contributed by atoms with Crippen molar-refractivity contribution in [3.63, 3.8) is 0 Å². The van der Waals surface area contributed by atoms with Crippen molar-refractivity contribution in [2.75, 3.05) is 58.6 Å². The highest BCUT2D eigenvalue weighted by atomic mass is 16.6. The summed E-state index contributed by atoms with van der Waals surface area (Å²) in [7, 11) is 0. The van der Waals surface area contributed by atoms with Crippen LogP contribution >= 0.6 is 0 Å².